The molecule has 0 spiro atoms. The first kappa shape index (κ1) is 16.9. The minimum Gasteiger partial charge on any atom is -0.431 e. The van der Waals surface area contributed by atoms with E-state index in [1.165, 1.54) is 24.7 Å². The van der Waals surface area contributed by atoms with E-state index in [1.54, 1.807) is 13.8 Å². The van der Waals surface area contributed by atoms with Gasteiger partial charge in [0, 0.05) is 11.1 Å². The summed E-state index contributed by atoms with van der Waals surface area (Å²) in [7, 11) is 0. The van der Waals surface area contributed by atoms with Gasteiger partial charge in [-0.15, -0.1) is 0 Å². The maximum Gasteiger partial charge on any atom is 0.337 e. The highest BCUT2D eigenvalue weighted by Gasteiger charge is 1.99. The van der Waals surface area contributed by atoms with E-state index in [0.717, 1.165) is 0 Å². The summed E-state index contributed by atoms with van der Waals surface area (Å²) in [6, 6.07) is 0. The van der Waals surface area contributed by atoms with Crippen molar-refractivity contribution in [3.05, 3.63) is 49.0 Å². The molecule has 0 saturated heterocycles. The van der Waals surface area contributed by atoms with Crippen molar-refractivity contribution in [3.63, 3.8) is 0 Å². The highest BCUT2D eigenvalue weighted by molar-refractivity contribution is 5.87. The molecule has 5 heteroatoms. The first-order valence-electron chi connectivity index (χ1n) is 5.56. The molecule has 0 atom stereocenters. The van der Waals surface area contributed by atoms with Crippen LogP contribution in [0.2, 0.25) is 0 Å². The van der Waals surface area contributed by atoms with Gasteiger partial charge >= 0.3 is 11.9 Å². The summed E-state index contributed by atoms with van der Waals surface area (Å²) in [6.45, 7) is 10.5. The molecular formula is C14H18O5. The molecule has 0 unspecified atom stereocenters. The van der Waals surface area contributed by atoms with Crippen molar-refractivity contribution < 1.29 is 23.8 Å². The maximum atomic E-state index is 11.0. The third-order valence-electron chi connectivity index (χ3n) is 1.67. The summed E-state index contributed by atoms with van der Waals surface area (Å²) in [5.74, 6) is -0.967. The van der Waals surface area contributed by atoms with Gasteiger partial charge in [-0.2, -0.15) is 0 Å². The molecule has 0 aliphatic rings. The van der Waals surface area contributed by atoms with Gasteiger partial charge < -0.3 is 14.2 Å². The molecular weight excluding hydrogens is 248 g/mol. The predicted molar refractivity (Wildman–Crippen MR) is 70.9 cm³/mol. The molecule has 0 N–H and O–H groups in total. The van der Waals surface area contributed by atoms with Crippen molar-refractivity contribution in [2.75, 3.05) is 13.2 Å². The molecule has 0 heterocycles. The summed E-state index contributed by atoms with van der Waals surface area (Å²) in [6.07, 6.45) is 5.55. The van der Waals surface area contributed by atoms with Crippen LogP contribution in [0, 0.1) is 0 Å². The lowest BCUT2D eigenvalue weighted by Gasteiger charge is -1.98. The van der Waals surface area contributed by atoms with Gasteiger partial charge in [-0.25, -0.2) is 9.59 Å². The first-order valence-corrected chi connectivity index (χ1v) is 5.56. The number of esters is 2. The van der Waals surface area contributed by atoms with Crippen molar-refractivity contribution >= 4 is 11.9 Å². The van der Waals surface area contributed by atoms with E-state index in [1.807, 2.05) is 0 Å². The maximum absolute atomic E-state index is 11.0. The molecule has 0 amide bonds. The lowest BCUT2D eigenvalue weighted by molar-refractivity contribution is -0.134. The number of ether oxygens (including phenoxy) is 3. The highest BCUT2D eigenvalue weighted by atomic mass is 16.5. The van der Waals surface area contributed by atoms with Gasteiger partial charge in [0.25, 0.3) is 0 Å². The van der Waals surface area contributed by atoms with Gasteiger partial charge in [0.05, 0.1) is 25.7 Å². The molecule has 0 aromatic carbocycles. The van der Waals surface area contributed by atoms with E-state index in [9.17, 15) is 9.59 Å². The van der Waals surface area contributed by atoms with Gasteiger partial charge in [0.1, 0.15) is 0 Å². The third kappa shape index (κ3) is 9.55. The van der Waals surface area contributed by atoms with E-state index >= 15 is 0 Å². The SMILES string of the molecule is C=C(C)C(=O)OC=CCOCC=COC(=O)C(=C)C. The fourth-order valence-corrected chi connectivity index (χ4v) is 0.704. The Morgan fingerprint density at radius 2 is 1.26 bits per heavy atom. The summed E-state index contributed by atoms with van der Waals surface area (Å²) >= 11 is 0. The highest BCUT2D eigenvalue weighted by Crippen LogP contribution is 1.93. The number of hydrogen-bond donors (Lipinski definition) is 0. The van der Waals surface area contributed by atoms with Gasteiger partial charge in [-0.05, 0) is 26.0 Å². The molecule has 19 heavy (non-hydrogen) atoms. The monoisotopic (exact) mass is 266 g/mol. The second-order valence-electron chi connectivity index (χ2n) is 3.65. The van der Waals surface area contributed by atoms with Crippen molar-refractivity contribution in [2.45, 2.75) is 13.8 Å². The Balaban J connectivity index is 3.60. The van der Waals surface area contributed by atoms with Crippen molar-refractivity contribution in [2.24, 2.45) is 0 Å². The smallest absolute Gasteiger partial charge is 0.337 e. The van der Waals surface area contributed by atoms with E-state index in [0.29, 0.717) is 11.1 Å². The van der Waals surface area contributed by atoms with Gasteiger partial charge in [-0.3, -0.25) is 0 Å². The number of carbonyl (C=O) groups is 2. The number of rotatable bonds is 8. The Kier molecular flexibility index (Phi) is 8.74. The minimum absolute atomic E-state index is 0.266. The Bertz CT molecular complexity index is 366. The second-order valence-corrected chi connectivity index (χ2v) is 3.65. The van der Waals surface area contributed by atoms with Crippen LogP contribution in [-0.2, 0) is 23.8 Å². The summed E-state index contributed by atoms with van der Waals surface area (Å²) < 4.78 is 14.5. The molecule has 0 fully saturated rings. The van der Waals surface area contributed by atoms with Gasteiger partial charge in [-0.1, -0.05) is 13.2 Å². The van der Waals surface area contributed by atoms with Crippen LogP contribution in [0.25, 0.3) is 0 Å². The van der Waals surface area contributed by atoms with Crippen LogP contribution in [-0.4, -0.2) is 25.2 Å². The van der Waals surface area contributed by atoms with Gasteiger partial charge in [0.2, 0.25) is 0 Å². The van der Waals surface area contributed by atoms with E-state index in [4.69, 9.17) is 14.2 Å². The Labute approximate surface area is 112 Å². The van der Waals surface area contributed by atoms with Crippen LogP contribution in [0.4, 0.5) is 0 Å². The molecule has 0 aromatic heterocycles. The standard InChI is InChI=1S/C14H18O5/c1-11(2)13(15)18-9-5-7-17-8-6-10-19-14(16)12(3)4/h5-6,9-10H,1,3,7-8H2,2,4H3. The fraction of sp³-hybridized carbons (Fsp3) is 0.286. The summed E-state index contributed by atoms with van der Waals surface area (Å²) in [5.41, 5.74) is 0.653. The molecule has 0 radical (unpaired) electrons. The number of carbonyl (C=O) groups excluding carboxylic acids is 2. The first-order chi connectivity index (χ1) is 8.95. The quantitative estimate of drug-likeness (QED) is 0.292. The zero-order valence-corrected chi connectivity index (χ0v) is 11.2. The van der Waals surface area contributed by atoms with Crippen LogP contribution < -0.4 is 0 Å². The Morgan fingerprint density at radius 1 is 0.895 bits per heavy atom. The lowest BCUT2D eigenvalue weighted by Crippen LogP contribution is -2.00. The van der Waals surface area contributed by atoms with Crippen LogP contribution in [0.3, 0.4) is 0 Å². The van der Waals surface area contributed by atoms with Gasteiger partial charge in [0.15, 0.2) is 0 Å². The Morgan fingerprint density at radius 3 is 1.58 bits per heavy atom. The van der Waals surface area contributed by atoms with Crippen molar-refractivity contribution in [1.82, 2.24) is 0 Å². The average Bonchev–Trinajstić information content (AvgIpc) is 2.35. The van der Waals surface area contributed by atoms with Crippen LogP contribution in [0.5, 0.6) is 0 Å². The molecule has 0 rings (SSSR count). The second kappa shape index (κ2) is 9.85. The molecule has 0 aromatic rings. The average molecular weight is 266 g/mol. The normalized spacial score (nSPS) is 10.6. The lowest BCUT2D eigenvalue weighted by atomic mass is 10.4. The zero-order chi connectivity index (χ0) is 14.7. The van der Waals surface area contributed by atoms with E-state index < -0.39 is 11.9 Å². The molecule has 0 bridgehead atoms. The molecule has 0 saturated carbocycles. The largest absolute Gasteiger partial charge is 0.431 e. The van der Waals surface area contributed by atoms with E-state index in [-0.39, 0.29) is 13.2 Å². The van der Waals surface area contributed by atoms with Crippen LogP contribution in [0.15, 0.2) is 49.0 Å². The summed E-state index contributed by atoms with van der Waals surface area (Å²) in [5, 5.41) is 0. The van der Waals surface area contributed by atoms with E-state index in [2.05, 4.69) is 13.2 Å². The summed E-state index contributed by atoms with van der Waals surface area (Å²) in [4.78, 5) is 21.9. The molecule has 0 aliphatic heterocycles. The zero-order valence-electron chi connectivity index (χ0n) is 11.2. The van der Waals surface area contributed by atoms with Crippen molar-refractivity contribution in [3.8, 4) is 0 Å². The molecule has 0 aliphatic carbocycles. The van der Waals surface area contributed by atoms with Crippen molar-refractivity contribution in [1.29, 1.82) is 0 Å². The topological polar surface area (TPSA) is 61.8 Å². The van der Waals surface area contributed by atoms with Crippen LogP contribution in [0.1, 0.15) is 13.8 Å². The number of hydrogen-bond acceptors (Lipinski definition) is 5. The third-order valence-corrected chi connectivity index (χ3v) is 1.67. The predicted octanol–water partition coefficient (Wildman–Crippen LogP) is 2.27. The minimum atomic E-state index is -0.483. The molecule has 104 valence electrons. The molecule has 5 nitrogen and oxygen atoms in total. The van der Waals surface area contributed by atoms with Crippen LogP contribution >= 0.6 is 0 Å². The Hall–Kier alpha value is -2.14. The fourth-order valence-electron chi connectivity index (χ4n) is 0.704.